The smallest absolute Gasteiger partial charge is 0.305 e. The van der Waals surface area contributed by atoms with Crippen molar-refractivity contribution in [3.05, 3.63) is 0 Å². The van der Waals surface area contributed by atoms with Gasteiger partial charge < -0.3 is 15.6 Å². The van der Waals surface area contributed by atoms with E-state index < -0.39 is 17.7 Å². The summed E-state index contributed by atoms with van der Waals surface area (Å²) in [6.07, 6.45) is -0.0537. The number of hydrogen-bond donors (Lipinski definition) is 2. The SMILES string of the molecule is CCC(O)(OC(C)=O)C(N)=O. The van der Waals surface area contributed by atoms with Gasteiger partial charge in [0.05, 0.1) is 0 Å². The molecule has 0 rings (SSSR count). The van der Waals surface area contributed by atoms with Crippen LogP contribution in [-0.2, 0) is 14.3 Å². The number of rotatable bonds is 3. The van der Waals surface area contributed by atoms with Gasteiger partial charge in [0.2, 0.25) is 0 Å². The minimum absolute atomic E-state index is 0.0537. The third kappa shape index (κ3) is 2.55. The third-order valence-corrected chi connectivity index (χ3v) is 1.18. The van der Waals surface area contributed by atoms with Crippen LogP contribution in [-0.4, -0.2) is 22.8 Å². The molecule has 0 aliphatic heterocycles. The highest BCUT2D eigenvalue weighted by Gasteiger charge is 2.35. The van der Waals surface area contributed by atoms with Gasteiger partial charge in [-0.25, -0.2) is 0 Å². The summed E-state index contributed by atoms with van der Waals surface area (Å²) in [6.45, 7) is 2.57. The highest BCUT2D eigenvalue weighted by molar-refractivity contribution is 5.84. The number of ether oxygens (including phenoxy) is 1. The molecule has 0 fully saturated rings. The van der Waals surface area contributed by atoms with E-state index in [0.717, 1.165) is 6.92 Å². The summed E-state index contributed by atoms with van der Waals surface area (Å²) >= 11 is 0. The Morgan fingerprint density at radius 3 is 2.18 bits per heavy atom. The number of hydrogen-bond acceptors (Lipinski definition) is 4. The van der Waals surface area contributed by atoms with Crippen LogP contribution >= 0.6 is 0 Å². The Bertz CT molecular complexity index is 179. The lowest BCUT2D eigenvalue weighted by atomic mass is 10.2. The Kier molecular flexibility index (Phi) is 3.00. The predicted octanol–water partition coefficient (Wildman–Crippen LogP) is -0.867. The molecule has 0 aliphatic rings. The van der Waals surface area contributed by atoms with Crippen molar-refractivity contribution in [2.45, 2.75) is 26.1 Å². The van der Waals surface area contributed by atoms with E-state index in [-0.39, 0.29) is 6.42 Å². The van der Waals surface area contributed by atoms with Crippen LogP contribution in [0.4, 0.5) is 0 Å². The zero-order chi connectivity index (χ0) is 9.07. The van der Waals surface area contributed by atoms with Crippen LogP contribution < -0.4 is 5.73 Å². The number of primary amides is 1. The number of nitrogens with two attached hydrogens (primary N) is 1. The van der Waals surface area contributed by atoms with Crippen LogP contribution in [0.25, 0.3) is 0 Å². The molecule has 11 heavy (non-hydrogen) atoms. The lowest BCUT2D eigenvalue weighted by molar-refractivity contribution is -0.208. The Hall–Kier alpha value is -1.10. The first-order chi connectivity index (χ1) is 4.92. The fraction of sp³-hybridized carbons (Fsp3) is 0.667. The average Bonchev–Trinajstić information content (AvgIpc) is 1.86. The minimum Gasteiger partial charge on any atom is -0.424 e. The van der Waals surface area contributed by atoms with Gasteiger partial charge in [-0.05, 0) is 0 Å². The largest absolute Gasteiger partial charge is 0.424 e. The molecule has 0 aromatic carbocycles. The zero-order valence-corrected chi connectivity index (χ0v) is 6.46. The Balaban J connectivity index is 4.34. The molecule has 0 radical (unpaired) electrons. The molecule has 0 saturated heterocycles. The maximum absolute atomic E-state index is 10.5. The summed E-state index contributed by atoms with van der Waals surface area (Å²) in [5.74, 6) is -3.95. The summed E-state index contributed by atoms with van der Waals surface area (Å²) < 4.78 is 4.29. The molecule has 0 aliphatic carbocycles. The fourth-order valence-electron chi connectivity index (χ4n) is 0.534. The first kappa shape index (κ1) is 9.90. The molecule has 3 N–H and O–H groups in total. The van der Waals surface area contributed by atoms with Gasteiger partial charge in [-0.2, -0.15) is 0 Å². The van der Waals surface area contributed by atoms with Crippen molar-refractivity contribution in [2.24, 2.45) is 5.73 Å². The number of aliphatic hydroxyl groups is 1. The fourth-order valence-corrected chi connectivity index (χ4v) is 0.534. The van der Waals surface area contributed by atoms with Crippen LogP contribution in [0, 0.1) is 0 Å². The van der Waals surface area contributed by atoms with Crippen molar-refractivity contribution < 1.29 is 19.4 Å². The van der Waals surface area contributed by atoms with Gasteiger partial charge in [-0.1, -0.05) is 6.92 Å². The maximum atomic E-state index is 10.5. The Morgan fingerprint density at radius 1 is 1.64 bits per heavy atom. The van der Waals surface area contributed by atoms with Gasteiger partial charge in [0.15, 0.2) is 0 Å². The first-order valence-electron chi connectivity index (χ1n) is 3.14. The highest BCUT2D eigenvalue weighted by Crippen LogP contribution is 2.10. The number of carbonyl (C=O) groups is 2. The van der Waals surface area contributed by atoms with Crippen LogP contribution in [0.2, 0.25) is 0 Å². The molecule has 0 saturated carbocycles. The second-order valence-electron chi connectivity index (χ2n) is 2.10. The summed E-state index contributed by atoms with van der Waals surface area (Å²) in [4.78, 5) is 20.8. The molecular formula is C6H11NO4. The molecule has 64 valence electrons. The van der Waals surface area contributed by atoms with Crippen molar-refractivity contribution in [1.82, 2.24) is 0 Å². The molecule has 0 aromatic heterocycles. The third-order valence-electron chi connectivity index (χ3n) is 1.18. The molecule has 0 aromatic rings. The Morgan fingerprint density at radius 2 is 2.09 bits per heavy atom. The van der Waals surface area contributed by atoms with Gasteiger partial charge in [0.1, 0.15) is 0 Å². The van der Waals surface area contributed by atoms with E-state index >= 15 is 0 Å². The molecule has 0 bridgehead atoms. The molecule has 1 unspecified atom stereocenters. The second kappa shape index (κ2) is 3.34. The number of carbonyl (C=O) groups excluding carboxylic acids is 2. The van der Waals surface area contributed by atoms with Gasteiger partial charge in [0.25, 0.3) is 11.7 Å². The number of amides is 1. The van der Waals surface area contributed by atoms with Gasteiger partial charge in [-0.3, -0.25) is 9.59 Å². The van der Waals surface area contributed by atoms with Crippen molar-refractivity contribution in [3.63, 3.8) is 0 Å². The topological polar surface area (TPSA) is 89.6 Å². The predicted molar refractivity (Wildman–Crippen MR) is 36.2 cm³/mol. The summed E-state index contributed by atoms with van der Waals surface area (Å²) in [6, 6.07) is 0. The number of esters is 1. The van der Waals surface area contributed by atoms with E-state index in [0.29, 0.717) is 0 Å². The van der Waals surface area contributed by atoms with E-state index in [4.69, 9.17) is 10.8 Å². The van der Waals surface area contributed by atoms with Crippen LogP contribution in [0.15, 0.2) is 0 Å². The van der Waals surface area contributed by atoms with Crippen molar-refractivity contribution in [2.75, 3.05) is 0 Å². The Labute approximate surface area is 64.1 Å². The van der Waals surface area contributed by atoms with Crippen molar-refractivity contribution in [1.29, 1.82) is 0 Å². The highest BCUT2D eigenvalue weighted by atomic mass is 16.7. The molecule has 0 spiro atoms. The van der Waals surface area contributed by atoms with Crippen molar-refractivity contribution in [3.8, 4) is 0 Å². The quantitative estimate of drug-likeness (QED) is 0.416. The van der Waals surface area contributed by atoms with E-state index in [2.05, 4.69) is 4.74 Å². The van der Waals surface area contributed by atoms with E-state index in [9.17, 15) is 9.59 Å². The van der Waals surface area contributed by atoms with Crippen LogP contribution in [0.5, 0.6) is 0 Å². The molecule has 5 nitrogen and oxygen atoms in total. The standard InChI is InChI=1S/C6H11NO4/c1-3-6(10,5(7)9)11-4(2)8/h10H,3H2,1-2H3,(H2,7,9). The monoisotopic (exact) mass is 161 g/mol. The lowest BCUT2D eigenvalue weighted by Crippen LogP contribution is -2.46. The zero-order valence-electron chi connectivity index (χ0n) is 6.46. The van der Waals surface area contributed by atoms with E-state index in [1.165, 1.54) is 6.92 Å². The second-order valence-corrected chi connectivity index (χ2v) is 2.10. The average molecular weight is 161 g/mol. The molecular weight excluding hydrogens is 150 g/mol. The molecule has 1 amide bonds. The van der Waals surface area contributed by atoms with Crippen LogP contribution in [0.3, 0.4) is 0 Å². The summed E-state index contributed by atoms with van der Waals surface area (Å²) in [5.41, 5.74) is 4.76. The lowest BCUT2D eigenvalue weighted by Gasteiger charge is -2.21. The first-order valence-corrected chi connectivity index (χ1v) is 3.14. The summed E-state index contributed by atoms with van der Waals surface area (Å²) in [5, 5.41) is 9.15. The minimum atomic E-state index is -2.15. The molecule has 0 heterocycles. The van der Waals surface area contributed by atoms with Crippen LogP contribution in [0.1, 0.15) is 20.3 Å². The van der Waals surface area contributed by atoms with Crippen molar-refractivity contribution >= 4 is 11.9 Å². The van der Waals surface area contributed by atoms with Gasteiger partial charge in [0, 0.05) is 13.3 Å². The summed E-state index contributed by atoms with van der Waals surface area (Å²) in [7, 11) is 0. The maximum Gasteiger partial charge on any atom is 0.305 e. The van der Waals surface area contributed by atoms with Gasteiger partial charge in [-0.15, -0.1) is 0 Å². The van der Waals surface area contributed by atoms with E-state index in [1.54, 1.807) is 0 Å². The molecule has 1 atom stereocenters. The van der Waals surface area contributed by atoms with E-state index in [1.807, 2.05) is 0 Å². The van der Waals surface area contributed by atoms with Gasteiger partial charge >= 0.3 is 5.97 Å². The molecule has 5 heteroatoms. The normalized spacial score (nSPS) is 15.2.